The van der Waals surface area contributed by atoms with E-state index < -0.39 is 34.0 Å². The zero-order valence-electron chi connectivity index (χ0n) is 11.2. The third-order valence-electron chi connectivity index (χ3n) is 2.18. The first-order chi connectivity index (χ1) is 8.53. The van der Waals surface area contributed by atoms with E-state index in [1.807, 2.05) is 13.8 Å². The van der Waals surface area contributed by atoms with Crippen LogP contribution in [0.5, 0.6) is 0 Å². The average molecular weight is 295 g/mol. The van der Waals surface area contributed by atoms with Gasteiger partial charge in [-0.05, 0) is 12.3 Å². The number of nitrogens with one attached hydrogen (secondary N) is 2. The standard InChI is InChI=1S/C10H21N3O5S/c1-6(2)4-7(13-19(3,17)18)10(16)12-5-8(14)9(11)15/h6-8,13-14H,4-5H2,1-3H3,(H2,11,15)(H,12,16). The highest BCUT2D eigenvalue weighted by Gasteiger charge is 2.24. The third-order valence-corrected chi connectivity index (χ3v) is 2.89. The van der Waals surface area contributed by atoms with Crippen LogP contribution in [-0.2, 0) is 19.6 Å². The Hall–Kier alpha value is -1.19. The summed E-state index contributed by atoms with van der Waals surface area (Å²) in [6.07, 6.45) is -0.251. The van der Waals surface area contributed by atoms with Crippen molar-refractivity contribution < 1.29 is 23.1 Å². The fourth-order valence-electron chi connectivity index (χ4n) is 1.36. The molecule has 2 amide bonds. The van der Waals surface area contributed by atoms with Gasteiger partial charge in [-0.3, -0.25) is 9.59 Å². The number of sulfonamides is 1. The first kappa shape index (κ1) is 17.8. The summed E-state index contributed by atoms with van der Waals surface area (Å²) in [7, 11) is -3.53. The lowest BCUT2D eigenvalue weighted by Crippen LogP contribution is -2.49. The Morgan fingerprint density at radius 3 is 2.21 bits per heavy atom. The van der Waals surface area contributed by atoms with Crippen LogP contribution in [0.1, 0.15) is 20.3 Å². The van der Waals surface area contributed by atoms with Gasteiger partial charge in [0.15, 0.2) is 0 Å². The van der Waals surface area contributed by atoms with E-state index in [0.29, 0.717) is 6.42 Å². The van der Waals surface area contributed by atoms with Gasteiger partial charge < -0.3 is 16.2 Å². The molecule has 0 saturated heterocycles. The lowest BCUT2D eigenvalue weighted by Gasteiger charge is -2.19. The third kappa shape index (κ3) is 8.51. The first-order valence-corrected chi connectivity index (χ1v) is 7.64. The molecule has 0 radical (unpaired) electrons. The molecule has 19 heavy (non-hydrogen) atoms. The monoisotopic (exact) mass is 295 g/mol. The lowest BCUT2D eigenvalue weighted by molar-refractivity contribution is -0.127. The highest BCUT2D eigenvalue weighted by Crippen LogP contribution is 2.06. The largest absolute Gasteiger partial charge is 0.381 e. The van der Waals surface area contributed by atoms with Gasteiger partial charge in [0.1, 0.15) is 12.1 Å². The predicted octanol–water partition coefficient (Wildman–Crippen LogP) is -2.09. The zero-order valence-corrected chi connectivity index (χ0v) is 12.0. The van der Waals surface area contributed by atoms with Gasteiger partial charge in [-0.15, -0.1) is 0 Å². The number of primary amides is 1. The van der Waals surface area contributed by atoms with E-state index in [2.05, 4.69) is 10.0 Å². The fraction of sp³-hybridized carbons (Fsp3) is 0.800. The zero-order chi connectivity index (χ0) is 15.2. The molecule has 0 rings (SSSR count). The molecular weight excluding hydrogens is 274 g/mol. The molecule has 0 aromatic heterocycles. The maximum absolute atomic E-state index is 11.8. The van der Waals surface area contributed by atoms with Crippen molar-refractivity contribution in [2.45, 2.75) is 32.4 Å². The van der Waals surface area contributed by atoms with Crippen LogP contribution < -0.4 is 15.8 Å². The van der Waals surface area contributed by atoms with Crippen molar-refractivity contribution in [1.82, 2.24) is 10.0 Å². The highest BCUT2D eigenvalue weighted by molar-refractivity contribution is 7.88. The van der Waals surface area contributed by atoms with E-state index in [1.165, 1.54) is 0 Å². The molecule has 5 N–H and O–H groups in total. The van der Waals surface area contributed by atoms with Crippen molar-refractivity contribution in [3.8, 4) is 0 Å². The van der Waals surface area contributed by atoms with E-state index in [0.717, 1.165) is 6.26 Å². The molecular formula is C10H21N3O5S. The van der Waals surface area contributed by atoms with Gasteiger partial charge in [0, 0.05) is 0 Å². The Labute approximate surface area is 112 Å². The highest BCUT2D eigenvalue weighted by atomic mass is 32.2. The second kappa shape index (κ2) is 7.41. The molecule has 0 saturated carbocycles. The smallest absolute Gasteiger partial charge is 0.248 e. The van der Waals surface area contributed by atoms with Gasteiger partial charge in [-0.2, -0.15) is 0 Å². The van der Waals surface area contributed by atoms with E-state index >= 15 is 0 Å². The van der Waals surface area contributed by atoms with Crippen LogP contribution in [0, 0.1) is 5.92 Å². The molecule has 2 atom stereocenters. The topological polar surface area (TPSA) is 139 Å². The summed E-state index contributed by atoms with van der Waals surface area (Å²) in [4.78, 5) is 22.4. The predicted molar refractivity (Wildman–Crippen MR) is 69.4 cm³/mol. The van der Waals surface area contributed by atoms with Crippen LogP contribution in [0.25, 0.3) is 0 Å². The number of hydrogen-bond donors (Lipinski definition) is 4. The summed E-state index contributed by atoms with van der Waals surface area (Å²) in [5, 5.41) is 11.4. The molecule has 0 aliphatic heterocycles. The van der Waals surface area contributed by atoms with E-state index in [4.69, 9.17) is 10.8 Å². The van der Waals surface area contributed by atoms with E-state index in [1.54, 1.807) is 0 Å². The summed E-state index contributed by atoms with van der Waals surface area (Å²) >= 11 is 0. The Bertz CT molecular complexity index is 421. The van der Waals surface area contributed by atoms with E-state index in [-0.39, 0.29) is 12.5 Å². The minimum absolute atomic E-state index is 0.0889. The molecule has 0 fully saturated rings. The normalized spacial score (nSPS) is 15.0. The Balaban J connectivity index is 4.59. The van der Waals surface area contributed by atoms with Crippen molar-refractivity contribution >= 4 is 21.8 Å². The van der Waals surface area contributed by atoms with Crippen LogP contribution in [0.4, 0.5) is 0 Å². The Kier molecular flexibility index (Phi) is 6.95. The Morgan fingerprint density at radius 2 is 1.84 bits per heavy atom. The van der Waals surface area contributed by atoms with Crippen LogP contribution in [0.2, 0.25) is 0 Å². The van der Waals surface area contributed by atoms with Crippen molar-refractivity contribution in [2.24, 2.45) is 11.7 Å². The molecule has 0 bridgehead atoms. The molecule has 8 nitrogen and oxygen atoms in total. The van der Waals surface area contributed by atoms with Crippen molar-refractivity contribution in [3.05, 3.63) is 0 Å². The molecule has 0 aromatic rings. The summed E-state index contributed by atoms with van der Waals surface area (Å²) in [5.41, 5.74) is 4.83. The summed E-state index contributed by atoms with van der Waals surface area (Å²) in [5.74, 6) is -1.48. The Morgan fingerprint density at radius 1 is 1.32 bits per heavy atom. The second-order valence-corrected chi connectivity index (χ2v) is 6.52. The number of amides is 2. The van der Waals surface area contributed by atoms with E-state index in [9.17, 15) is 18.0 Å². The summed E-state index contributed by atoms with van der Waals surface area (Å²) in [6.45, 7) is 3.32. The summed E-state index contributed by atoms with van der Waals surface area (Å²) < 4.78 is 24.5. The van der Waals surface area contributed by atoms with Gasteiger partial charge in [0.25, 0.3) is 0 Å². The van der Waals surface area contributed by atoms with Crippen LogP contribution >= 0.6 is 0 Å². The van der Waals surface area contributed by atoms with Gasteiger partial charge >= 0.3 is 0 Å². The molecule has 112 valence electrons. The quantitative estimate of drug-likeness (QED) is 0.407. The SMILES string of the molecule is CC(C)CC(NS(C)(=O)=O)C(=O)NCC(O)C(N)=O. The van der Waals surface area contributed by atoms with Gasteiger partial charge in [-0.1, -0.05) is 13.8 Å². The average Bonchev–Trinajstić information content (AvgIpc) is 2.21. The minimum atomic E-state index is -3.53. The van der Waals surface area contributed by atoms with Gasteiger partial charge in [0.2, 0.25) is 21.8 Å². The number of carbonyl (C=O) groups is 2. The fourth-order valence-corrected chi connectivity index (χ4v) is 2.08. The molecule has 0 aliphatic carbocycles. The van der Waals surface area contributed by atoms with Crippen LogP contribution in [-0.4, -0.2) is 50.3 Å². The number of carbonyl (C=O) groups excluding carboxylic acids is 2. The van der Waals surface area contributed by atoms with Gasteiger partial charge in [-0.25, -0.2) is 13.1 Å². The first-order valence-electron chi connectivity index (χ1n) is 5.75. The summed E-state index contributed by atoms with van der Waals surface area (Å²) in [6, 6.07) is -0.949. The van der Waals surface area contributed by atoms with Gasteiger partial charge in [0.05, 0.1) is 12.8 Å². The van der Waals surface area contributed by atoms with Crippen molar-refractivity contribution in [3.63, 3.8) is 0 Å². The molecule has 2 unspecified atom stereocenters. The number of aliphatic hydroxyl groups is 1. The van der Waals surface area contributed by atoms with Crippen molar-refractivity contribution in [1.29, 1.82) is 0 Å². The van der Waals surface area contributed by atoms with Crippen LogP contribution in [0.3, 0.4) is 0 Å². The molecule has 0 aliphatic rings. The molecule has 9 heteroatoms. The number of hydrogen-bond acceptors (Lipinski definition) is 5. The maximum Gasteiger partial charge on any atom is 0.248 e. The maximum atomic E-state index is 11.8. The van der Waals surface area contributed by atoms with Crippen molar-refractivity contribution in [2.75, 3.05) is 12.8 Å². The number of rotatable bonds is 8. The molecule has 0 aromatic carbocycles. The number of aliphatic hydroxyl groups excluding tert-OH is 1. The van der Waals surface area contributed by atoms with Crippen LogP contribution in [0.15, 0.2) is 0 Å². The number of nitrogens with two attached hydrogens (primary N) is 1. The second-order valence-electron chi connectivity index (χ2n) is 4.74. The molecule has 0 heterocycles. The molecule has 0 spiro atoms. The lowest BCUT2D eigenvalue weighted by atomic mass is 10.0. The minimum Gasteiger partial charge on any atom is -0.381 e.